The monoisotopic (exact) mass is 493 g/mol. The molecule has 8 nitrogen and oxygen atoms in total. The molecule has 0 radical (unpaired) electrons. The Hall–Kier alpha value is -2.82. The van der Waals surface area contributed by atoms with Crippen molar-refractivity contribution in [2.24, 2.45) is 0 Å². The van der Waals surface area contributed by atoms with Crippen LogP contribution in [0.5, 0.6) is 0 Å². The van der Waals surface area contributed by atoms with E-state index in [1.165, 1.54) is 42.4 Å². The molecule has 2 aromatic rings. The quantitative estimate of drug-likeness (QED) is 0.658. The average Bonchev–Trinajstić information content (AvgIpc) is 2.84. The summed E-state index contributed by atoms with van der Waals surface area (Å²) >= 11 is 0. The number of hydrogen-bond acceptors (Lipinski definition) is 7. The molecule has 0 bridgehead atoms. The third-order valence-corrected chi connectivity index (χ3v) is 7.77. The highest BCUT2D eigenvalue weighted by molar-refractivity contribution is 7.91. The van der Waals surface area contributed by atoms with Crippen LogP contribution >= 0.6 is 0 Å². The highest BCUT2D eigenvalue weighted by atomic mass is 32.2. The molecular formula is C23H29F2N5O3S. The van der Waals surface area contributed by atoms with Gasteiger partial charge in [0.05, 0.1) is 10.5 Å². The average molecular weight is 494 g/mol. The fourth-order valence-corrected chi connectivity index (χ4v) is 5.43. The number of carbonyl (C=O) groups excluding carboxylic acids is 1. The van der Waals surface area contributed by atoms with E-state index in [9.17, 15) is 22.0 Å². The summed E-state index contributed by atoms with van der Waals surface area (Å²) in [4.78, 5) is 25.1. The summed E-state index contributed by atoms with van der Waals surface area (Å²) in [6.45, 7) is 3.51. The number of amides is 1. The van der Waals surface area contributed by atoms with Gasteiger partial charge in [-0.25, -0.2) is 13.4 Å². The van der Waals surface area contributed by atoms with Crippen LogP contribution < -0.4 is 10.2 Å². The first-order valence-electron chi connectivity index (χ1n) is 11.5. The molecule has 0 atom stereocenters. The minimum Gasteiger partial charge on any atom is -0.353 e. The predicted molar refractivity (Wildman–Crippen MR) is 125 cm³/mol. The molecule has 0 spiro atoms. The molecule has 0 unspecified atom stereocenters. The van der Waals surface area contributed by atoms with Crippen LogP contribution in [0.4, 0.5) is 20.5 Å². The lowest BCUT2D eigenvalue weighted by Crippen LogP contribution is -2.49. The molecule has 1 aliphatic heterocycles. The van der Waals surface area contributed by atoms with E-state index in [1.54, 1.807) is 0 Å². The van der Waals surface area contributed by atoms with Crippen molar-refractivity contribution in [3.05, 3.63) is 41.6 Å². The number of aryl methyl sites for hydroxylation is 1. The number of rotatable bonds is 6. The van der Waals surface area contributed by atoms with E-state index in [1.807, 2.05) is 17.9 Å². The summed E-state index contributed by atoms with van der Waals surface area (Å²) < 4.78 is 50.3. The first kappa shape index (κ1) is 24.3. The topological polar surface area (TPSA) is 95.5 Å². The molecule has 1 aromatic carbocycles. The summed E-state index contributed by atoms with van der Waals surface area (Å²) in [6.07, 6.45) is 5.88. The second-order valence-electron chi connectivity index (χ2n) is 8.75. The van der Waals surface area contributed by atoms with Crippen molar-refractivity contribution in [1.82, 2.24) is 14.9 Å². The van der Waals surface area contributed by atoms with Gasteiger partial charge in [-0.3, -0.25) is 4.79 Å². The van der Waals surface area contributed by atoms with Gasteiger partial charge in [0, 0.05) is 44.0 Å². The number of anilines is 2. The molecule has 2 aliphatic rings. The van der Waals surface area contributed by atoms with E-state index >= 15 is 0 Å². The molecular weight excluding hydrogens is 464 g/mol. The molecule has 34 heavy (non-hydrogen) atoms. The van der Waals surface area contributed by atoms with Crippen LogP contribution in [-0.2, 0) is 9.84 Å². The minimum absolute atomic E-state index is 0.229. The first-order chi connectivity index (χ1) is 16.3. The smallest absolute Gasteiger partial charge is 0.341 e. The minimum atomic E-state index is -4.88. The maximum absolute atomic E-state index is 13.1. The van der Waals surface area contributed by atoms with E-state index in [0.29, 0.717) is 38.2 Å². The van der Waals surface area contributed by atoms with Gasteiger partial charge in [-0.15, -0.1) is 0 Å². The third kappa shape index (κ3) is 5.29. The highest BCUT2D eigenvalue weighted by Crippen LogP contribution is 2.25. The van der Waals surface area contributed by atoms with Gasteiger partial charge in [0.1, 0.15) is 5.82 Å². The second kappa shape index (κ2) is 10.2. The maximum atomic E-state index is 13.1. The molecule has 1 aliphatic carbocycles. The van der Waals surface area contributed by atoms with Crippen LogP contribution in [0.2, 0.25) is 0 Å². The van der Waals surface area contributed by atoms with Crippen molar-refractivity contribution >= 4 is 27.5 Å². The van der Waals surface area contributed by atoms with Crippen LogP contribution in [0.15, 0.2) is 35.2 Å². The summed E-state index contributed by atoms with van der Waals surface area (Å²) in [7, 11) is -4.88. The van der Waals surface area contributed by atoms with Crippen LogP contribution in [0, 0.1) is 6.92 Å². The first-order valence-corrected chi connectivity index (χ1v) is 13.1. The standard InChI is InChI=1S/C23H29F2N5O3S/c1-16-15-20(28-23(26-16)27-17-7-3-2-4-8-17)29-11-13-30(14-12-29)21(31)18-9-5-6-10-19(18)34(32,33)22(24)25/h5-6,9-10,15,17,22H,2-4,7-8,11-14H2,1H3,(H,26,27,28). The largest absolute Gasteiger partial charge is 0.353 e. The van der Waals surface area contributed by atoms with Crippen LogP contribution in [-0.4, -0.2) is 67.2 Å². The van der Waals surface area contributed by atoms with Gasteiger partial charge in [0.15, 0.2) is 0 Å². The zero-order chi connectivity index (χ0) is 24.3. The van der Waals surface area contributed by atoms with E-state index in [-0.39, 0.29) is 5.56 Å². The van der Waals surface area contributed by atoms with Crippen molar-refractivity contribution < 1.29 is 22.0 Å². The molecule has 2 fully saturated rings. The Labute approximate surface area is 198 Å². The number of nitrogens with zero attached hydrogens (tertiary/aromatic N) is 4. The van der Waals surface area contributed by atoms with Gasteiger partial charge in [-0.1, -0.05) is 31.4 Å². The molecule has 184 valence electrons. The Morgan fingerprint density at radius 1 is 1.06 bits per heavy atom. The van der Waals surface area contributed by atoms with E-state index < -0.39 is 26.4 Å². The zero-order valence-corrected chi connectivity index (χ0v) is 19.9. The van der Waals surface area contributed by atoms with Crippen molar-refractivity contribution in [2.45, 2.75) is 55.7 Å². The number of piperazine rings is 1. The Kier molecular flexibility index (Phi) is 7.30. The number of benzene rings is 1. The van der Waals surface area contributed by atoms with Gasteiger partial charge in [0.2, 0.25) is 15.8 Å². The summed E-state index contributed by atoms with van der Waals surface area (Å²) in [6, 6.07) is 7.41. The molecule has 2 heterocycles. The van der Waals surface area contributed by atoms with Crippen molar-refractivity contribution in [3.63, 3.8) is 0 Å². The molecule has 11 heteroatoms. The number of hydrogen-bond donors (Lipinski definition) is 1. The van der Waals surface area contributed by atoms with Crippen molar-refractivity contribution in [1.29, 1.82) is 0 Å². The number of halogens is 2. The summed E-state index contributed by atoms with van der Waals surface area (Å²) in [5, 5.41) is 3.45. The third-order valence-electron chi connectivity index (χ3n) is 6.33. The lowest BCUT2D eigenvalue weighted by Gasteiger charge is -2.36. The Bertz CT molecular complexity index is 1130. The number of nitrogens with one attached hydrogen (secondary N) is 1. The van der Waals surface area contributed by atoms with Gasteiger partial charge in [0.25, 0.3) is 5.91 Å². The number of alkyl halides is 2. The normalized spacial score (nSPS) is 17.8. The van der Waals surface area contributed by atoms with E-state index in [2.05, 4.69) is 15.3 Å². The fraction of sp³-hybridized carbons (Fsp3) is 0.522. The number of sulfone groups is 1. The van der Waals surface area contributed by atoms with Crippen LogP contribution in [0.1, 0.15) is 48.2 Å². The molecule has 1 saturated heterocycles. The maximum Gasteiger partial charge on any atom is 0.341 e. The Morgan fingerprint density at radius 3 is 2.41 bits per heavy atom. The van der Waals surface area contributed by atoms with E-state index in [4.69, 9.17) is 0 Å². The fourth-order valence-electron chi connectivity index (χ4n) is 4.50. The molecule has 1 N–H and O–H groups in total. The molecule has 1 saturated carbocycles. The van der Waals surface area contributed by atoms with Gasteiger partial charge in [-0.2, -0.15) is 13.8 Å². The SMILES string of the molecule is Cc1cc(N2CCN(C(=O)c3ccccc3S(=O)(=O)C(F)F)CC2)nc(NC2CCCCC2)n1. The Morgan fingerprint density at radius 2 is 1.74 bits per heavy atom. The van der Waals surface area contributed by atoms with Crippen molar-refractivity contribution in [3.8, 4) is 0 Å². The molecule has 4 rings (SSSR count). The van der Waals surface area contributed by atoms with Crippen LogP contribution in [0.3, 0.4) is 0 Å². The molecule has 1 aromatic heterocycles. The zero-order valence-electron chi connectivity index (χ0n) is 19.1. The summed E-state index contributed by atoms with van der Waals surface area (Å²) in [5.74, 6) is -2.79. The predicted octanol–water partition coefficient (Wildman–Crippen LogP) is 3.49. The van der Waals surface area contributed by atoms with Gasteiger partial charge >= 0.3 is 5.76 Å². The van der Waals surface area contributed by atoms with Gasteiger partial charge < -0.3 is 15.1 Å². The summed E-state index contributed by atoms with van der Waals surface area (Å²) in [5.41, 5.74) is 0.612. The lowest BCUT2D eigenvalue weighted by molar-refractivity contribution is 0.0742. The lowest BCUT2D eigenvalue weighted by atomic mass is 9.96. The van der Waals surface area contributed by atoms with Gasteiger partial charge in [-0.05, 0) is 31.9 Å². The van der Waals surface area contributed by atoms with E-state index in [0.717, 1.165) is 30.4 Å². The Balaban J connectivity index is 1.45. The second-order valence-corrected chi connectivity index (χ2v) is 10.6. The van der Waals surface area contributed by atoms with Crippen LogP contribution in [0.25, 0.3) is 0 Å². The number of carbonyl (C=O) groups is 1. The highest BCUT2D eigenvalue weighted by Gasteiger charge is 2.33. The van der Waals surface area contributed by atoms with Crippen molar-refractivity contribution in [2.75, 3.05) is 36.4 Å². The molecule has 1 amide bonds. The number of aromatic nitrogens is 2.